The molecule has 1 atom stereocenters. The van der Waals surface area contributed by atoms with Crippen molar-refractivity contribution >= 4 is 12.0 Å². The molecule has 0 aromatic carbocycles. The van der Waals surface area contributed by atoms with Crippen LogP contribution >= 0.6 is 0 Å². The lowest BCUT2D eigenvalue weighted by Gasteiger charge is -2.23. The molecule has 1 aromatic rings. The maximum atomic E-state index is 12.3. The molecule has 1 unspecified atom stereocenters. The summed E-state index contributed by atoms with van der Waals surface area (Å²) in [6.07, 6.45) is 10.2. The van der Waals surface area contributed by atoms with Crippen LogP contribution in [-0.2, 0) is 11.2 Å². The lowest BCUT2D eigenvalue weighted by Crippen LogP contribution is -2.33. The molecule has 4 heteroatoms. The highest BCUT2D eigenvalue weighted by Crippen LogP contribution is 2.58. The summed E-state index contributed by atoms with van der Waals surface area (Å²) in [7, 11) is 0. The van der Waals surface area contributed by atoms with Crippen LogP contribution in [0.3, 0.4) is 0 Å². The van der Waals surface area contributed by atoms with Gasteiger partial charge in [-0.2, -0.15) is 0 Å². The van der Waals surface area contributed by atoms with Crippen LogP contribution < -0.4 is 10.6 Å². The van der Waals surface area contributed by atoms with Gasteiger partial charge >= 0.3 is 0 Å². The molecule has 1 saturated heterocycles. The van der Waals surface area contributed by atoms with Crippen molar-refractivity contribution in [3.05, 3.63) is 35.2 Å². The summed E-state index contributed by atoms with van der Waals surface area (Å²) in [5.74, 6) is 0.789. The van der Waals surface area contributed by atoms with Crippen LogP contribution in [-0.4, -0.2) is 30.5 Å². The Balaban J connectivity index is 1.32. The minimum atomic E-state index is 0.0992. The van der Waals surface area contributed by atoms with Crippen LogP contribution in [0.25, 0.3) is 6.08 Å². The lowest BCUT2D eigenvalue weighted by molar-refractivity contribution is -0.117. The van der Waals surface area contributed by atoms with E-state index in [9.17, 15) is 4.79 Å². The van der Waals surface area contributed by atoms with Gasteiger partial charge in [0.2, 0.25) is 5.91 Å². The van der Waals surface area contributed by atoms with E-state index < -0.39 is 0 Å². The first-order chi connectivity index (χ1) is 10.3. The first-order valence-corrected chi connectivity index (χ1v) is 7.89. The molecule has 4 rings (SSSR count). The minimum Gasteiger partial charge on any atom is -0.352 e. The van der Waals surface area contributed by atoms with Crippen LogP contribution in [0.5, 0.6) is 0 Å². The SMILES string of the molecule is O=C(NCC1CC12CCNCC2)C1=Cc2cnccc2C1. The van der Waals surface area contributed by atoms with E-state index in [1.165, 1.54) is 24.8 Å². The fourth-order valence-electron chi connectivity index (χ4n) is 3.90. The average molecular weight is 283 g/mol. The number of pyridine rings is 1. The summed E-state index contributed by atoms with van der Waals surface area (Å²) in [4.78, 5) is 16.4. The zero-order valence-corrected chi connectivity index (χ0v) is 12.2. The van der Waals surface area contributed by atoms with Crippen LogP contribution in [0.1, 0.15) is 30.4 Å². The number of nitrogens with one attached hydrogen (secondary N) is 2. The Bertz CT molecular complexity index is 602. The van der Waals surface area contributed by atoms with Crippen LogP contribution in [0.4, 0.5) is 0 Å². The van der Waals surface area contributed by atoms with E-state index in [1.807, 2.05) is 18.3 Å². The molecule has 0 radical (unpaired) electrons. The molecular weight excluding hydrogens is 262 g/mol. The third-order valence-corrected chi connectivity index (χ3v) is 5.42. The quantitative estimate of drug-likeness (QED) is 0.884. The molecule has 1 saturated carbocycles. The van der Waals surface area contributed by atoms with Crippen molar-refractivity contribution in [1.29, 1.82) is 0 Å². The number of hydrogen-bond donors (Lipinski definition) is 2. The topological polar surface area (TPSA) is 54.0 Å². The molecule has 2 heterocycles. The van der Waals surface area contributed by atoms with E-state index in [1.54, 1.807) is 6.20 Å². The minimum absolute atomic E-state index is 0.0992. The van der Waals surface area contributed by atoms with Gasteiger partial charge in [0.05, 0.1) is 0 Å². The van der Waals surface area contributed by atoms with E-state index in [0.29, 0.717) is 11.3 Å². The maximum Gasteiger partial charge on any atom is 0.247 e. The number of carbonyl (C=O) groups excluding carboxylic acids is 1. The van der Waals surface area contributed by atoms with Crippen molar-refractivity contribution in [3.8, 4) is 0 Å². The second kappa shape index (κ2) is 4.95. The van der Waals surface area contributed by atoms with E-state index >= 15 is 0 Å². The molecule has 4 nitrogen and oxygen atoms in total. The van der Waals surface area contributed by atoms with Crippen molar-refractivity contribution in [2.24, 2.45) is 11.3 Å². The summed E-state index contributed by atoms with van der Waals surface area (Å²) >= 11 is 0. The third-order valence-electron chi connectivity index (χ3n) is 5.42. The van der Waals surface area contributed by atoms with Gasteiger partial charge in [0.25, 0.3) is 0 Å². The fraction of sp³-hybridized carbons (Fsp3) is 0.529. The van der Waals surface area contributed by atoms with Crippen LogP contribution in [0.2, 0.25) is 0 Å². The normalized spacial score (nSPS) is 25.3. The van der Waals surface area contributed by atoms with Crippen molar-refractivity contribution < 1.29 is 4.79 Å². The Kier molecular flexibility index (Phi) is 3.07. The summed E-state index contributed by atoms with van der Waals surface area (Å²) in [6, 6.07) is 2.00. The number of amides is 1. The Hall–Kier alpha value is -1.68. The largest absolute Gasteiger partial charge is 0.352 e. The van der Waals surface area contributed by atoms with Crippen molar-refractivity contribution in [2.75, 3.05) is 19.6 Å². The highest BCUT2D eigenvalue weighted by molar-refractivity contribution is 6.00. The van der Waals surface area contributed by atoms with Crippen molar-refractivity contribution in [1.82, 2.24) is 15.6 Å². The standard InChI is InChI=1S/C17H21N3O/c21-16(13-7-12-1-4-19-10-14(12)8-13)20-11-15-9-17(15)2-5-18-6-3-17/h1,4,8,10,15,18H,2-3,5-7,9,11H2,(H,20,21). The molecule has 0 bridgehead atoms. The third kappa shape index (κ3) is 2.38. The Morgan fingerprint density at radius 2 is 2.29 bits per heavy atom. The molecule has 2 N–H and O–H groups in total. The predicted octanol–water partition coefficient (Wildman–Crippen LogP) is 1.53. The number of piperidine rings is 1. The second-order valence-electron chi connectivity index (χ2n) is 6.64. The van der Waals surface area contributed by atoms with Crippen LogP contribution in [0.15, 0.2) is 24.0 Å². The van der Waals surface area contributed by atoms with E-state index in [-0.39, 0.29) is 5.91 Å². The summed E-state index contributed by atoms with van der Waals surface area (Å²) < 4.78 is 0. The zero-order chi connectivity index (χ0) is 14.3. The van der Waals surface area contributed by atoms with Crippen LogP contribution in [0, 0.1) is 11.3 Å². The average Bonchev–Trinajstić information content (AvgIpc) is 2.99. The zero-order valence-electron chi connectivity index (χ0n) is 12.2. The number of rotatable bonds is 3. The van der Waals surface area contributed by atoms with Gasteiger partial charge in [0.15, 0.2) is 0 Å². The van der Waals surface area contributed by atoms with Gasteiger partial charge in [0, 0.05) is 30.9 Å². The molecule has 110 valence electrons. The van der Waals surface area contributed by atoms with Crippen molar-refractivity contribution in [2.45, 2.75) is 25.7 Å². The van der Waals surface area contributed by atoms with E-state index in [0.717, 1.165) is 37.2 Å². The van der Waals surface area contributed by atoms with Gasteiger partial charge in [0.1, 0.15) is 0 Å². The predicted molar refractivity (Wildman–Crippen MR) is 81.6 cm³/mol. The Morgan fingerprint density at radius 1 is 1.43 bits per heavy atom. The number of nitrogens with zero attached hydrogens (tertiary/aromatic N) is 1. The molecule has 1 aliphatic heterocycles. The monoisotopic (exact) mass is 283 g/mol. The molecule has 3 aliphatic rings. The first kappa shape index (κ1) is 13.0. The number of fused-ring (bicyclic) bond motifs is 1. The van der Waals surface area contributed by atoms with Gasteiger partial charge in [-0.25, -0.2) is 0 Å². The number of aromatic nitrogens is 1. The molecule has 2 fully saturated rings. The molecule has 1 spiro atoms. The lowest BCUT2D eigenvalue weighted by atomic mass is 9.92. The molecule has 2 aliphatic carbocycles. The van der Waals surface area contributed by atoms with Gasteiger partial charge in [-0.3, -0.25) is 9.78 Å². The highest BCUT2D eigenvalue weighted by atomic mass is 16.1. The summed E-state index contributed by atoms with van der Waals surface area (Å²) in [5.41, 5.74) is 3.70. The summed E-state index contributed by atoms with van der Waals surface area (Å²) in [6.45, 7) is 3.11. The molecular formula is C17H21N3O. The van der Waals surface area contributed by atoms with Gasteiger partial charge < -0.3 is 10.6 Å². The summed E-state index contributed by atoms with van der Waals surface area (Å²) in [5, 5.41) is 6.56. The van der Waals surface area contributed by atoms with Gasteiger partial charge in [-0.1, -0.05) is 0 Å². The fourth-order valence-corrected chi connectivity index (χ4v) is 3.90. The van der Waals surface area contributed by atoms with Gasteiger partial charge in [-0.15, -0.1) is 0 Å². The molecule has 21 heavy (non-hydrogen) atoms. The van der Waals surface area contributed by atoms with E-state index in [4.69, 9.17) is 0 Å². The Morgan fingerprint density at radius 3 is 3.10 bits per heavy atom. The highest BCUT2D eigenvalue weighted by Gasteiger charge is 2.53. The molecule has 1 amide bonds. The van der Waals surface area contributed by atoms with Gasteiger partial charge in [-0.05, 0) is 67.0 Å². The number of carbonyl (C=O) groups is 1. The maximum absolute atomic E-state index is 12.3. The van der Waals surface area contributed by atoms with E-state index in [2.05, 4.69) is 15.6 Å². The van der Waals surface area contributed by atoms with Crippen molar-refractivity contribution in [3.63, 3.8) is 0 Å². The first-order valence-electron chi connectivity index (χ1n) is 7.89. The molecule has 1 aromatic heterocycles. The Labute approximate surface area is 125 Å². The number of hydrogen-bond acceptors (Lipinski definition) is 3. The smallest absolute Gasteiger partial charge is 0.247 e. The second-order valence-corrected chi connectivity index (χ2v) is 6.64.